The summed E-state index contributed by atoms with van der Waals surface area (Å²) in [6, 6.07) is 6.80. The number of anilines is 1. The van der Waals surface area contributed by atoms with Gasteiger partial charge in [0.25, 0.3) is 0 Å². The summed E-state index contributed by atoms with van der Waals surface area (Å²) in [4.78, 5) is 7.33. The molecule has 0 N–H and O–H groups in total. The van der Waals surface area contributed by atoms with E-state index in [1.807, 2.05) is 0 Å². The molecule has 0 atom stereocenters. The van der Waals surface area contributed by atoms with Crippen LogP contribution >= 0.6 is 22.6 Å². The van der Waals surface area contributed by atoms with Crippen LogP contribution in [0.2, 0.25) is 0 Å². The van der Waals surface area contributed by atoms with Gasteiger partial charge in [-0.2, -0.15) is 0 Å². The lowest BCUT2D eigenvalue weighted by Gasteiger charge is -2.36. The first-order valence-electron chi connectivity index (χ1n) is 6.94. The van der Waals surface area contributed by atoms with Crippen molar-refractivity contribution in [3.05, 3.63) is 27.3 Å². The molecule has 0 unspecified atom stereocenters. The lowest BCUT2D eigenvalue weighted by atomic mass is 10.2. The molecule has 3 nitrogen and oxygen atoms in total. The predicted octanol–water partition coefficient (Wildman–Crippen LogP) is 2.28. The number of hydrogen-bond acceptors (Lipinski definition) is 3. The SMILES string of the molecule is Cc1ccc(N2CCN(CCN(C)C)CC2)cc1I. The zero-order valence-corrected chi connectivity index (χ0v) is 14.4. The topological polar surface area (TPSA) is 9.72 Å². The predicted molar refractivity (Wildman–Crippen MR) is 91.1 cm³/mol. The number of piperazine rings is 1. The molecule has 2 rings (SSSR count). The van der Waals surface area contributed by atoms with Gasteiger partial charge in [0.2, 0.25) is 0 Å². The third-order valence-corrected chi connectivity index (χ3v) is 4.92. The average molecular weight is 373 g/mol. The molecule has 0 radical (unpaired) electrons. The summed E-state index contributed by atoms with van der Waals surface area (Å²) < 4.78 is 1.37. The van der Waals surface area contributed by atoms with E-state index in [1.54, 1.807) is 0 Å². The summed E-state index contributed by atoms with van der Waals surface area (Å²) >= 11 is 2.43. The maximum Gasteiger partial charge on any atom is 0.0377 e. The molecule has 0 aliphatic carbocycles. The molecule has 4 heteroatoms. The van der Waals surface area contributed by atoms with Gasteiger partial charge in [0.15, 0.2) is 0 Å². The van der Waals surface area contributed by atoms with Crippen LogP contribution in [0.1, 0.15) is 5.56 Å². The summed E-state index contributed by atoms with van der Waals surface area (Å²) in [5, 5.41) is 0. The van der Waals surface area contributed by atoms with Gasteiger partial charge in [0, 0.05) is 48.5 Å². The monoisotopic (exact) mass is 373 g/mol. The highest BCUT2D eigenvalue weighted by atomic mass is 127. The average Bonchev–Trinajstić information content (AvgIpc) is 2.40. The van der Waals surface area contributed by atoms with Crippen molar-refractivity contribution in [3.63, 3.8) is 0 Å². The van der Waals surface area contributed by atoms with E-state index in [2.05, 4.69) is 76.5 Å². The smallest absolute Gasteiger partial charge is 0.0377 e. The highest BCUT2D eigenvalue weighted by molar-refractivity contribution is 14.1. The molecule has 0 spiro atoms. The molecule has 0 aromatic heterocycles. The maximum absolute atomic E-state index is 2.57. The van der Waals surface area contributed by atoms with Crippen molar-refractivity contribution in [2.75, 3.05) is 58.3 Å². The lowest BCUT2D eigenvalue weighted by Crippen LogP contribution is -2.48. The van der Waals surface area contributed by atoms with Gasteiger partial charge in [-0.3, -0.25) is 4.90 Å². The number of likely N-dealkylation sites (N-methyl/N-ethyl adjacent to an activating group) is 1. The van der Waals surface area contributed by atoms with E-state index in [-0.39, 0.29) is 0 Å². The van der Waals surface area contributed by atoms with Crippen molar-refractivity contribution < 1.29 is 0 Å². The molecular formula is C15H24IN3. The highest BCUT2D eigenvalue weighted by Crippen LogP contribution is 2.21. The molecule has 1 saturated heterocycles. The molecule has 1 aromatic rings. The molecule has 1 aliphatic rings. The second kappa shape index (κ2) is 6.90. The van der Waals surface area contributed by atoms with Crippen molar-refractivity contribution in [2.24, 2.45) is 0 Å². The lowest BCUT2D eigenvalue weighted by molar-refractivity contribution is 0.229. The Morgan fingerprint density at radius 3 is 2.42 bits per heavy atom. The van der Waals surface area contributed by atoms with Gasteiger partial charge < -0.3 is 9.80 Å². The summed E-state index contributed by atoms with van der Waals surface area (Å²) in [6.07, 6.45) is 0. The fraction of sp³-hybridized carbons (Fsp3) is 0.600. The number of aryl methyl sites for hydroxylation is 1. The summed E-state index contributed by atoms with van der Waals surface area (Å²) in [5.41, 5.74) is 2.75. The van der Waals surface area contributed by atoms with E-state index in [0.717, 1.165) is 19.6 Å². The fourth-order valence-corrected chi connectivity index (χ4v) is 2.85. The number of halogens is 1. The molecular weight excluding hydrogens is 349 g/mol. The van der Waals surface area contributed by atoms with Crippen LogP contribution in [0.5, 0.6) is 0 Å². The minimum Gasteiger partial charge on any atom is -0.369 e. The van der Waals surface area contributed by atoms with Crippen LogP contribution < -0.4 is 4.90 Å². The van der Waals surface area contributed by atoms with Crippen LogP contribution in [-0.4, -0.2) is 63.2 Å². The van der Waals surface area contributed by atoms with Crippen molar-refractivity contribution in [3.8, 4) is 0 Å². The summed E-state index contributed by atoms with van der Waals surface area (Å²) in [6.45, 7) is 9.16. The first kappa shape index (κ1) is 15.1. The Labute approximate surface area is 130 Å². The highest BCUT2D eigenvalue weighted by Gasteiger charge is 2.17. The Morgan fingerprint density at radius 2 is 1.84 bits per heavy atom. The van der Waals surface area contributed by atoms with E-state index in [9.17, 15) is 0 Å². The van der Waals surface area contributed by atoms with Crippen molar-refractivity contribution in [2.45, 2.75) is 6.92 Å². The largest absolute Gasteiger partial charge is 0.369 e. The minimum absolute atomic E-state index is 1.15. The van der Waals surface area contributed by atoms with Gasteiger partial charge in [-0.1, -0.05) is 6.07 Å². The van der Waals surface area contributed by atoms with E-state index >= 15 is 0 Å². The maximum atomic E-state index is 2.57. The molecule has 1 fully saturated rings. The minimum atomic E-state index is 1.15. The number of benzene rings is 1. The van der Waals surface area contributed by atoms with Gasteiger partial charge in [-0.05, 0) is 61.3 Å². The summed E-state index contributed by atoms with van der Waals surface area (Å²) in [7, 11) is 4.29. The van der Waals surface area contributed by atoms with Gasteiger partial charge >= 0.3 is 0 Å². The Balaban J connectivity index is 1.87. The third-order valence-electron chi connectivity index (χ3n) is 3.76. The Hall–Kier alpha value is -0.330. The van der Waals surface area contributed by atoms with Crippen molar-refractivity contribution in [1.29, 1.82) is 0 Å². The van der Waals surface area contributed by atoms with E-state index in [4.69, 9.17) is 0 Å². The number of rotatable bonds is 4. The molecule has 0 saturated carbocycles. The van der Waals surface area contributed by atoms with Gasteiger partial charge in [0.1, 0.15) is 0 Å². The van der Waals surface area contributed by atoms with Crippen LogP contribution in [0.3, 0.4) is 0 Å². The standard InChI is InChI=1S/C15H24IN3/c1-13-4-5-14(12-15(13)16)19-10-8-18(9-11-19)7-6-17(2)3/h4-5,12H,6-11H2,1-3H3. The molecule has 0 bridgehead atoms. The second-order valence-corrected chi connectivity index (χ2v) is 6.73. The first-order valence-corrected chi connectivity index (χ1v) is 8.02. The molecule has 0 amide bonds. The molecule has 19 heavy (non-hydrogen) atoms. The van der Waals surface area contributed by atoms with Gasteiger partial charge in [-0.25, -0.2) is 0 Å². The fourth-order valence-electron chi connectivity index (χ4n) is 2.35. The number of hydrogen-bond donors (Lipinski definition) is 0. The Kier molecular flexibility index (Phi) is 5.47. The van der Waals surface area contributed by atoms with E-state index in [1.165, 1.54) is 34.5 Å². The van der Waals surface area contributed by atoms with Crippen LogP contribution in [-0.2, 0) is 0 Å². The van der Waals surface area contributed by atoms with Gasteiger partial charge in [-0.15, -0.1) is 0 Å². The third kappa shape index (κ3) is 4.33. The molecule has 1 aromatic carbocycles. The Morgan fingerprint density at radius 1 is 1.16 bits per heavy atom. The Bertz CT molecular complexity index is 412. The normalized spacial score (nSPS) is 17.2. The molecule has 1 heterocycles. The van der Waals surface area contributed by atoms with E-state index in [0.29, 0.717) is 0 Å². The van der Waals surface area contributed by atoms with Crippen LogP contribution in [0.4, 0.5) is 5.69 Å². The van der Waals surface area contributed by atoms with Crippen molar-refractivity contribution >= 4 is 28.3 Å². The second-order valence-electron chi connectivity index (χ2n) is 5.57. The quantitative estimate of drug-likeness (QED) is 0.750. The number of nitrogens with zero attached hydrogens (tertiary/aromatic N) is 3. The van der Waals surface area contributed by atoms with Crippen molar-refractivity contribution in [1.82, 2.24) is 9.80 Å². The first-order chi connectivity index (χ1) is 9.06. The zero-order chi connectivity index (χ0) is 13.8. The van der Waals surface area contributed by atoms with Crippen LogP contribution in [0.25, 0.3) is 0 Å². The van der Waals surface area contributed by atoms with E-state index < -0.39 is 0 Å². The molecule has 1 aliphatic heterocycles. The zero-order valence-electron chi connectivity index (χ0n) is 12.2. The summed E-state index contributed by atoms with van der Waals surface area (Å²) in [5.74, 6) is 0. The van der Waals surface area contributed by atoms with Crippen LogP contribution in [0, 0.1) is 10.5 Å². The van der Waals surface area contributed by atoms with Crippen LogP contribution in [0.15, 0.2) is 18.2 Å². The molecule has 106 valence electrons. The van der Waals surface area contributed by atoms with Gasteiger partial charge in [0.05, 0.1) is 0 Å².